The van der Waals surface area contributed by atoms with E-state index in [1.807, 2.05) is 0 Å². The first kappa shape index (κ1) is 22.1. The van der Waals surface area contributed by atoms with Crippen molar-refractivity contribution < 1.29 is 31.7 Å². The van der Waals surface area contributed by atoms with Crippen LogP contribution in [0.3, 0.4) is 0 Å². The molecule has 1 saturated heterocycles. The maximum Gasteiger partial charge on any atom is 0.434 e. The van der Waals surface area contributed by atoms with Crippen LogP contribution in [0.15, 0.2) is 24.3 Å². The number of hydrogen-bond acceptors (Lipinski definition) is 6. The molecule has 0 bridgehead atoms. The molecule has 2 aromatic rings. The molecular weight excluding hydrogens is 435 g/mol. The fourth-order valence-electron chi connectivity index (χ4n) is 2.96. The number of nitrogen functional groups attached to an aromatic ring is 1. The normalized spacial score (nSPS) is 16.0. The molecule has 1 fully saturated rings. The molecule has 0 radical (unpaired) electrons. The predicted molar refractivity (Wildman–Crippen MR) is 100 cm³/mol. The zero-order valence-electron chi connectivity index (χ0n) is 15.5. The van der Waals surface area contributed by atoms with Crippen LogP contribution in [0, 0.1) is 0 Å². The van der Waals surface area contributed by atoms with Gasteiger partial charge in [0.15, 0.2) is 12.3 Å². The Kier molecular flexibility index (Phi) is 6.09. The summed E-state index contributed by atoms with van der Waals surface area (Å²) < 4.78 is 69.7. The van der Waals surface area contributed by atoms with Gasteiger partial charge in [0.2, 0.25) is 0 Å². The number of nitrogens with two attached hydrogens (primary N) is 2. The van der Waals surface area contributed by atoms with E-state index in [9.17, 15) is 22.0 Å². The topological polar surface area (TPSA) is 94.8 Å². The SMILES string of the molecule is Nc1c(N(N)Cc2ccccc2Cl)nc(OCC(F)(F)F)[nH+]c1N1CCC(F)(F)C1. The van der Waals surface area contributed by atoms with Crippen molar-refractivity contribution in [2.45, 2.75) is 25.1 Å². The summed E-state index contributed by atoms with van der Waals surface area (Å²) in [5.74, 6) is 2.89. The first-order chi connectivity index (χ1) is 14.0. The van der Waals surface area contributed by atoms with Crippen LogP contribution in [-0.4, -0.2) is 36.8 Å². The van der Waals surface area contributed by atoms with Gasteiger partial charge in [-0.15, -0.1) is 0 Å². The van der Waals surface area contributed by atoms with Crippen LogP contribution < -0.4 is 31.2 Å². The van der Waals surface area contributed by atoms with Crippen molar-refractivity contribution >= 4 is 28.9 Å². The number of anilines is 3. The van der Waals surface area contributed by atoms with Gasteiger partial charge in [-0.1, -0.05) is 29.8 Å². The van der Waals surface area contributed by atoms with Gasteiger partial charge in [-0.3, -0.25) is 9.91 Å². The third-order valence-electron chi connectivity index (χ3n) is 4.36. The molecule has 0 amide bonds. The molecule has 164 valence electrons. The zero-order valence-corrected chi connectivity index (χ0v) is 16.3. The highest BCUT2D eigenvalue weighted by Crippen LogP contribution is 2.35. The third-order valence-corrected chi connectivity index (χ3v) is 4.73. The Morgan fingerprint density at radius 3 is 2.60 bits per heavy atom. The van der Waals surface area contributed by atoms with Crippen molar-refractivity contribution in [1.82, 2.24) is 4.98 Å². The summed E-state index contributed by atoms with van der Waals surface area (Å²) in [7, 11) is 0. The predicted octanol–water partition coefficient (Wildman–Crippen LogP) is 2.80. The molecule has 30 heavy (non-hydrogen) atoms. The first-order valence-electron chi connectivity index (χ1n) is 8.76. The molecule has 1 aliphatic heterocycles. The van der Waals surface area contributed by atoms with E-state index in [0.717, 1.165) is 5.01 Å². The van der Waals surface area contributed by atoms with Crippen molar-refractivity contribution in [3.8, 4) is 6.01 Å². The van der Waals surface area contributed by atoms with Crippen molar-refractivity contribution in [3.63, 3.8) is 0 Å². The highest BCUT2D eigenvalue weighted by atomic mass is 35.5. The second kappa shape index (κ2) is 8.26. The number of H-pyrrole nitrogens is 1. The molecule has 0 unspecified atom stereocenters. The number of aromatic amines is 1. The van der Waals surface area contributed by atoms with Crippen LogP contribution in [0.1, 0.15) is 12.0 Å². The summed E-state index contributed by atoms with van der Waals surface area (Å²) in [5.41, 5.74) is 6.57. The molecule has 2 heterocycles. The van der Waals surface area contributed by atoms with Crippen LogP contribution in [-0.2, 0) is 6.54 Å². The number of nitrogens with one attached hydrogen (secondary N) is 1. The fourth-order valence-corrected chi connectivity index (χ4v) is 3.15. The molecule has 0 saturated carbocycles. The second-order valence-corrected chi connectivity index (χ2v) is 7.19. The van der Waals surface area contributed by atoms with Gasteiger partial charge >= 0.3 is 12.2 Å². The number of hydrazine groups is 1. The van der Waals surface area contributed by atoms with E-state index in [0.29, 0.717) is 10.6 Å². The maximum absolute atomic E-state index is 13.7. The van der Waals surface area contributed by atoms with Crippen molar-refractivity contribution in [2.75, 3.05) is 35.3 Å². The van der Waals surface area contributed by atoms with Gasteiger partial charge in [0.25, 0.3) is 17.6 Å². The molecular formula is C17H19ClF5N6O+. The number of halogens is 6. The standard InChI is InChI=1S/C17H18ClF5N6O/c18-11-4-2-1-3-10(11)7-29(25)14-12(24)13(28-6-5-16(19,20)8-28)26-15(27-14)30-9-17(21,22)23/h1-4H,5-9,24-25H2/p+1. The number of nitrogens with zero attached hydrogens (tertiary/aromatic N) is 3. The molecule has 0 spiro atoms. The lowest BCUT2D eigenvalue weighted by atomic mass is 10.2. The quantitative estimate of drug-likeness (QED) is 0.397. The average molecular weight is 454 g/mol. The molecule has 1 aromatic carbocycles. The molecule has 7 nitrogen and oxygen atoms in total. The smallest absolute Gasteiger partial charge is 0.431 e. The summed E-state index contributed by atoms with van der Waals surface area (Å²) >= 11 is 6.11. The number of aromatic nitrogens is 2. The van der Waals surface area contributed by atoms with E-state index < -0.39 is 37.7 Å². The number of alkyl halides is 5. The minimum absolute atomic E-state index is 0.00912. The summed E-state index contributed by atoms with van der Waals surface area (Å²) in [6.45, 7) is -2.35. The minimum atomic E-state index is -4.63. The molecule has 3 rings (SSSR count). The van der Waals surface area contributed by atoms with E-state index in [-0.39, 0.29) is 30.4 Å². The van der Waals surface area contributed by atoms with Gasteiger partial charge in [0.05, 0.1) is 13.1 Å². The number of rotatable bonds is 6. The van der Waals surface area contributed by atoms with Gasteiger partial charge < -0.3 is 10.5 Å². The lowest BCUT2D eigenvalue weighted by Gasteiger charge is -2.21. The number of hydrogen-bond donors (Lipinski definition) is 2. The number of benzene rings is 1. The van der Waals surface area contributed by atoms with E-state index in [2.05, 4.69) is 14.7 Å². The molecule has 0 atom stereocenters. The zero-order chi connectivity index (χ0) is 22.1. The fraction of sp³-hybridized carbons (Fsp3) is 0.412. The van der Waals surface area contributed by atoms with Crippen LogP contribution in [0.4, 0.5) is 39.3 Å². The minimum Gasteiger partial charge on any atom is -0.431 e. The Morgan fingerprint density at radius 2 is 2.00 bits per heavy atom. The van der Waals surface area contributed by atoms with Crippen LogP contribution in [0.5, 0.6) is 6.01 Å². The van der Waals surface area contributed by atoms with Gasteiger partial charge in [-0.2, -0.15) is 13.2 Å². The van der Waals surface area contributed by atoms with Gasteiger partial charge in [0, 0.05) is 11.4 Å². The summed E-state index contributed by atoms with van der Waals surface area (Å²) in [5, 5.41) is 1.46. The Hall–Kier alpha value is -2.60. The molecule has 13 heteroatoms. The summed E-state index contributed by atoms with van der Waals surface area (Å²) in [4.78, 5) is 7.58. The van der Waals surface area contributed by atoms with E-state index in [4.69, 9.17) is 23.2 Å². The Morgan fingerprint density at radius 1 is 1.30 bits per heavy atom. The van der Waals surface area contributed by atoms with Gasteiger partial charge in [-0.25, -0.2) is 19.6 Å². The number of ether oxygens (including phenoxy) is 1. The van der Waals surface area contributed by atoms with Gasteiger partial charge in [0.1, 0.15) is 6.54 Å². The van der Waals surface area contributed by atoms with Crippen LogP contribution >= 0.6 is 11.6 Å². The third kappa shape index (κ3) is 5.30. The van der Waals surface area contributed by atoms with Gasteiger partial charge in [-0.05, 0) is 16.6 Å². The lowest BCUT2D eigenvalue weighted by molar-refractivity contribution is -0.389. The molecule has 0 aliphatic carbocycles. The van der Waals surface area contributed by atoms with Crippen molar-refractivity contribution in [2.24, 2.45) is 5.84 Å². The average Bonchev–Trinajstić information content (AvgIpc) is 3.01. The second-order valence-electron chi connectivity index (χ2n) is 6.78. The molecule has 1 aliphatic rings. The lowest BCUT2D eigenvalue weighted by Crippen LogP contribution is -2.37. The summed E-state index contributed by atoms with van der Waals surface area (Å²) in [6.07, 6.45) is -5.06. The molecule has 1 aromatic heterocycles. The van der Waals surface area contributed by atoms with E-state index >= 15 is 0 Å². The largest absolute Gasteiger partial charge is 0.434 e. The Balaban J connectivity index is 1.95. The van der Waals surface area contributed by atoms with Crippen LogP contribution in [0.2, 0.25) is 5.02 Å². The van der Waals surface area contributed by atoms with Crippen molar-refractivity contribution in [3.05, 3.63) is 34.9 Å². The van der Waals surface area contributed by atoms with E-state index in [1.165, 1.54) is 4.90 Å². The Labute approximate surface area is 173 Å². The molecule has 5 N–H and O–H groups in total. The maximum atomic E-state index is 13.7. The Bertz CT molecular complexity index is 913. The first-order valence-corrected chi connectivity index (χ1v) is 9.14. The highest BCUT2D eigenvalue weighted by molar-refractivity contribution is 6.31. The highest BCUT2D eigenvalue weighted by Gasteiger charge is 2.43. The van der Waals surface area contributed by atoms with E-state index in [1.54, 1.807) is 24.3 Å². The summed E-state index contributed by atoms with van der Waals surface area (Å²) in [6, 6.07) is 6.20. The monoisotopic (exact) mass is 453 g/mol. The van der Waals surface area contributed by atoms with Crippen LogP contribution in [0.25, 0.3) is 0 Å². The van der Waals surface area contributed by atoms with Crippen molar-refractivity contribution in [1.29, 1.82) is 0 Å².